The topological polar surface area (TPSA) is 52.3 Å². The largest absolute Gasteiger partial charge is 0.493 e. The summed E-state index contributed by atoms with van der Waals surface area (Å²) in [7, 11) is 0. The van der Waals surface area contributed by atoms with Gasteiger partial charge in [0.1, 0.15) is 5.75 Å². The summed E-state index contributed by atoms with van der Waals surface area (Å²) in [5, 5.41) is 0. The molecule has 3 nitrogen and oxygen atoms in total. The average molecular weight is 261 g/mol. The molecule has 0 amide bonds. The predicted octanol–water partition coefficient (Wildman–Crippen LogP) is 3.18. The number of hydrogen-bond donors (Lipinski definition) is 1. The second kappa shape index (κ2) is 6.20. The molecule has 0 atom stereocenters. The zero-order valence-corrected chi connectivity index (χ0v) is 11.7. The van der Waals surface area contributed by atoms with E-state index in [0.29, 0.717) is 30.9 Å². The fourth-order valence-electron chi connectivity index (χ4n) is 2.60. The number of nitrogens with two attached hydrogens (primary N) is 1. The third-order valence-corrected chi connectivity index (χ3v) is 4.03. The van der Waals surface area contributed by atoms with Crippen molar-refractivity contribution in [1.29, 1.82) is 0 Å². The van der Waals surface area contributed by atoms with E-state index in [4.69, 9.17) is 10.5 Å². The molecule has 1 aromatic rings. The van der Waals surface area contributed by atoms with Gasteiger partial charge in [0, 0.05) is 6.42 Å². The molecule has 0 heterocycles. The highest BCUT2D eigenvalue weighted by Crippen LogP contribution is 2.44. The third-order valence-electron chi connectivity index (χ3n) is 4.03. The van der Waals surface area contributed by atoms with E-state index in [-0.39, 0.29) is 11.2 Å². The van der Waals surface area contributed by atoms with Crippen LogP contribution in [0.4, 0.5) is 0 Å². The van der Waals surface area contributed by atoms with Gasteiger partial charge in [-0.2, -0.15) is 0 Å². The standard InChI is InChI=1S/C16H23NO2/c1-2-10-19-15-7-4-3-6-13(15)14(18)11-16(12-17)8-5-9-16/h3-4,6-7H,2,5,8-12,17H2,1H3. The minimum atomic E-state index is 0.0505. The predicted molar refractivity (Wildman–Crippen MR) is 76.5 cm³/mol. The summed E-state index contributed by atoms with van der Waals surface area (Å²) in [6.45, 7) is 3.31. The Labute approximate surface area is 115 Å². The van der Waals surface area contributed by atoms with Crippen molar-refractivity contribution in [1.82, 2.24) is 0 Å². The Morgan fingerprint density at radius 2 is 2.11 bits per heavy atom. The molecule has 1 fully saturated rings. The second-order valence-electron chi connectivity index (χ2n) is 5.50. The van der Waals surface area contributed by atoms with E-state index in [1.165, 1.54) is 6.42 Å². The van der Waals surface area contributed by atoms with Gasteiger partial charge in [0.2, 0.25) is 0 Å². The Morgan fingerprint density at radius 3 is 2.68 bits per heavy atom. The molecule has 0 bridgehead atoms. The Kier molecular flexibility index (Phi) is 4.59. The zero-order chi connectivity index (χ0) is 13.7. The summed E-state index contributed by atoms with van der Waals surface area (Å²) in [6.07, 6.45) is 4.84. The number of rotatable bonds is 7. The highest BCUT2D eigenvalue weighted by atomic mass is 16.5. The summed E-state index contributed by atoms with van der Waals surface area (Å²) in [4.78, 5) is 12.5. The Morgan fingerprint density at radius 1 is 1.37 bits per heavy atom. The van der Waals surface area contributed by atoms with Gasteiger partial charge in [-0.25, -0.2) is 0 Å². The van der Waals surface area contributed by atoms with E-state index in [9.17, 15) is 4.79 Å². The van der Waals surface area contributed by atoms with Crippen molar-refractivity contribution in [2.24, 2.45) is 11.1 Å². The Hall–Kier alpha value is -1.35. The van der Waals surface area contributed by atoms with Crippen LogP contribution in [0.5, 0.6) is 5.75 Å². The molecular weight excluding hydrogens is 238 g/mol. The third kappa shape index (κ3) is 3.16. The molecule has 2 rings (SSSR count). The fraction of sp³-hybridized carbons (Fsp3) is 0.562. The van der Waals surface area contributed by atoms with Crippen molar-refractivity contribution >= 4 is 5.78 Å². The summed E-state index contributed by atoms with van der Waals surface area (Å²) in [5.74, 6) is 0.873. The van der Waals surface area contributed by atoms with Crippen molar-refractivity contribution in [2.75, 3.05) is 13.2 Å². The minimum Gasteiger partial charge on any atom is -0.493 e. The highest BCUT2D eigenvalue weighted by molar-refractivity contribution is 5.99. The first kappa shape index (κ1) is 14.1. The van der Waals surface area contributed by atoms with Crippen LogP contribution in [0, 0.1) is 5.41 Å². The van der Waals surface area contributed by atoms with Crippen LogP contribution in [-0.4, -0.2) is 18.9 Å². The molecule has 1 aromatic carbocycles. The lowest BCUT2D eigenvalue weighted by atomic mass is 9.65. The van der Waals surface area contributed by atoms with Gasteiger partial charge < -0.3 is 10.5 Å². The smallest absolute Gasteiger partial charge is 0.167 e. The van der Waals surface area contributed by atoms with Crippen LogP contribution in [0.15, 0.2) is 24.3 Å². The van der Waals surface area contributed by atoms with Crippen LogP contribution < -0.4 is 10.5 Å². The van der Waals surface area contributed by atoms with E-state index in [0.717, 1.165) is 19.3 Å². The molecule has 0 radical (unpaired) electrons. The van der Waals surface area contributed by atoms with Gasteiger partial charge in [-0.1, -0.05) is 25.5 Å². The first-order valence-electron chi connectivity index (χ1n) is 7.16. The SMILES string of the molecule is CCCOc1ccccc1C(=O)CC1(CN)CCC1. The fourth-order valence-corrected chi connectivity index (χ4v) is 2.60. The monoisotopic (exact) mass is 261 g/mol. The van der Waals surface area contributed by atoms with Crippen molar-refractivity contribution in [3.63, 3.8) is 0 Å². The molecule has 0 saturated heterocycles. The summed E-state index contributed by atoms with van der Waals surface area (Å²) >= 11 is 0. The lowest BCUT2D eigenvalue weighted by Crippen LogP contribution is -2.39. The van der Waals surface area contributed by atoms with Crippen molar-refractivity contribution < 1.29 is 9.53 Å². The molecule has 0 unspecified atom stereocenters. The molecule has 0 aliphatic heterocycles. The van der Waals surface area contributed by atoms with E-state index in [1.807, 2.05) is 24.3 Å². The molecule has 2 N–H and O–H groups in total. The Balaban J connectivity index is 2.10. The lowest BCUT2D eigenvalue weighted by Gasteiger charge is -2.40. The van der Waals surface area contributed by atoms with Crippen LogP contribution in [0.1, 0.15) is 49.4 Å². The van der Waals surface area contributed by atoms with Gasteiger partial charge in [0.15, 0.2) is 5.78 Å². The van der Waals surface area contributed by atoms with Crippen LogP contribution >= 0.6 is 0 Å². The van der Waals surface area contributed by atoms with Gasteiger partial charge in [-0.05, 0) is 43.4 Å². The van der Waals surface area contributed by atoms with Crippen LogP contribution in [-0.2, 0) is 0 Å². The number of ether oxygens (including phenoxy) is 1. The van der Waals surface area contributed by atoms with Gasteiger partial charge in [0.05, 0.1) is 12.2 Å². The van der Waals surface area contributed by atoms with Gasteiger partial charge >= 0.3 is 0 Å². The molecule has 19 heavy (non-hydrogen) atoms. The maximum Gasteiger partial charge on any atom is 0.167 e. The van der Waals surface area contributed by atoms with E-state index in [1.54, 1.807) is 0 Å². The number of carbonyl (C=O) groups is 1. The molecule has 3 heteroatoms. The second-order valence-corrected chi connectivity index (χ2v) is 5.50. The average Bonchev–Trinajstić information content (AvgIpc) is 2.40. The van der Waals surface area contributed by atoms with Crippen LogP contribution in [0.25, 0.3) is 0 Å². The normalized spacial score (nSPS) is 16.7. The van der Waals surface area contributed by atoms with Gasteiger partial charge in [0.25, 0.3) is 0 Å². The molecule has 0 spiro atoms. The summed E-state index contributed by atoms with van der Waals surface area (Å²) in [5.41, 5.74) is 6.58. The van der Waals surface area contributed by atoms with Crippen molar-refractivity contribution in [2.45, 2.75) is 39.0 Å². The first-order chi connectivity index (χ1) is 9.21. The van der Waals surface area contributed by atoms with Gasteiger partial charge in [-0.3, -0.25) is 4.79 Å². The van der Waals surface area contributed by atoms with Crippen LogP contribution in [0.2, 0.25) is 0 Å². The Bertz CT molecular complexity index is 433. The molecule has 0 aromatic heterocycles. The van der Waals surface area contributed by atoms with E-state index < -0.39 is 0 Å². The molecule has 1 aliphatic carbocycles. The highest BCUT2D eigenvalue weighted by Gasteiger charge is 2.38. The number of ketones is 1. The maximum atomic E-state index is 12.5. The van der Waals surface area contributed by atoms with Crippen molar-refractivity contribution in [3.05, 3.63) is 29.8 Å². The number of benzene rings is 1. The van der Waals surface area contributed by atoms with Crippen LogP contribution in [0.3, 0.4) is 0 Å². The van der Waals surface area contributed by atoms with E-state index >= 15 is 0 Å². The molecule has 1 saturated carbocycles. The number of hydrogen-bond acceptors (Lipinski definition) is 3. The minimum absolute atomic E-state index is 0.0505. The zero-order valence-electron chi connectivity index (χ0n) is 11.7. The maximum absolute atomic E-state index is 12.5. The lowest BCUT2D eigenvalue weighted by molar-refractivity contribution is 0.0782. The summed E-state index contributed by atoms with van der Waals surface area (Å²) < 4.78 is 5.66. The number of carbonyl (C=O) groups excluding carboxylic acids is 1. The number of para-hydroxylation sites is 1. The molecule has 1 aliphatic rings. The molecule has 104 valence electrons. The van der Waals surface area contributed by atoms with Crippen molar-refractivity contribution in [3.8, 4) is 5.75 Å². The molecular formula is C16H23NO2. The first-order valence-corrected chi connectivity index (χ1v) is 7.16. The number of Topliss-reactive ketones (excluding diaryl/α,β-unsaturated/α-hetero) is 1. The quantitative estimate of drug-likeness (QED) is 0.767. The van der Waals surface area contributed by atoms with Gasteiger partial charge in [-0.15, -0.1) is 0 Å². The van der Waals surface area contributed by atoms with E-state index in [2.05, 4.69) is 6.92 Å². The summed E-state index contributed by atoms with van der Waals surface area (Å²) in [6, 6.07) is 7.53.